The molecule has 0 heterocycles. The van der Waals surface area contributed by atoms with E-state index in [1.54, 1.807) is 0 Å². The first kappa shape index (κ1) is 19.7. The van der Waals surface area contributed by atoms with Crippen LogP contribution in [0.3, 0.4) is 0 Å². The van der Waals surface area contributed by atoms with Crippen molar-refractivity contribution in [2.24, 2.45) is 0 Å². The van der Waals surface area contributed by atoms with Crippen LogP contribution in [0, 0.1) is 0 Å². The quantitative estimate of drug-likeness (QED) is 0.490. The van der Waals surface area contributed by atoms with E-state index in [2.05, 4.69) is 25.4 Å². The van der Waals surface area contributed by atoms with Gasteiger partial charge in [0.1, 0.15) is 5.70 Å². The topological polar surface area (TPSA) is 123 Å². The predicted octanol–water partition coefficient (Wildman–Crippen LogP) is 0.0476. The lowest BCUT2D eigenvalue weighted by Gasteiger charge is -2.12. The van der Waals surface area contributed by atoms with E-state index in [0.29, 0.717) is 0 Å². The normalized spacial score (nSPS) is 10.5. The molecule has 0 spiro atoms. The van der Waals surface area contributed by atoms with E-state index in [1.165, 1.54) is 32.3 Å². The minimum absolute atomic E-state index is 0.188. The van der Waals surface area contributed by atoms with Gasteiger partial charge in [0.2, 0.25) is 0 Å². The van der Waals surface area contributed by atoms with Crippen LogP contribution >= 0.6 is 0 Å². The summed E-state index contributed by atoms with van der Waals surface area (Å²) in [5, 5.41) is 7.54. The van der Waals surface area contributed by atoms with Crippen LogP contribution in [0.2, 0.25) is 0 Å². The van der Waals surface area contributed by atoms with Crippen LogP contribution in [-0.2, 0) is 19.1 Å². The van der Waals surface area contributed by atoms with Crippen molar-refractivity contribution < 1.29 is 28.7 Å². The molecule has 134 valence electrons. The monoisotopic (exact) mass is 349 g/mol. The highest BCUT2D eigenvalue weighted by Crippen LogP contribution is 2.18. The molecule has 9 nitrogen and oxygen atoms in total. The molecule has 25 heavy (non-hydrogen) atoms. The van der Waals surface area contributed by atoms with Gasteiger partial charge in [-0.05, 0) is 18.2 Å². The minimum Gasteiger partial charge on any atom is -0.466 e. The summed E-state index contributed by atoms with van der Waals surface area (Å²) in [7, 11) is 5.19. The summed E-state index contributed by atoms with van der Waals surface area (Å²) < 4.78 is 9.07. The van der Waals surface area contributed by atoms with Crippen molar-refractivity contribution in [1.82, 2.24) is 10.6 Å². The molecule has 0 radical (unpaired) electrons. The molecule has 0 unspecified atom stereocenters. The first-order valence-corrected chi connectivity index (χ1v) is 7.10. The third-order valence-corrected chi connectivity index (χ3v) is 3.06. The molecule has 1 aromatic carbocycles. The van der Waals surface area contributed by atoms with Gasteiger partial charge in [-0.1, -0.05) is 0 Å². The Labute approximate surface area is 144 Å². The highest BCUT2D eigenvalue weighted by molar-refractivity contribution is 6.02. The number of ether oxygens (including phenoxy) is 2. The van der Waals surface area contributed by atoms with Gasteiger partial charge in [0, 0.05) is 30.9 Å². The van der Waals surface area contributed by atoms with E-state index in [4.69, 9.17) is 0 Å². The zero-order valence-corrected chi connectivity index (χ0v) is 14.3. The molecule has 0 bridgehead atoms. The lowest BCUT2D eigenvalue weighted by atomic mass is 10.1. The summed E-state index contributed by atoms with van der Waals surface area (Å²) in [6.07, 6.45) is 0.901. The molecule has 3 N–H and O–H groups in total. The number of hydrogen-bond donors (Lipinski definition) is 3. The number of hydrogen-bond acceptors (Lipinski definition) is 7. The number of amides is 2. The maximum atomic E-state index is 11.9. The van der Waals surface area contributed by atoms with Crippen LogP contribution < -0.4 is 16.0 Å². The smallest absolute Gasteiger partial charge is 0.354 e. The van der Waals surface area contributed by atoms with Crippen molar-refractivity contribution in [2.45, 2.75) is 0 Å². The highest BCUT2D eigenvalue weighted by atomic mass is 16.5. The average molecular weight is 349 g/mol. The van der Waals surface area contributed by atoms with Crippen LogP contribution in [0.1, 0.15) is 20.7 Å². The van der Waals surface area contributed by atoms with Gasteiger partial charge in [-0.3, -0.25) is 9.59 Å². The molecular formula is C16H19N3O6. The zero-order valence-electron chi connectivity index (χ0n) is 14.3. The molecule has 0 aromatic heterocycles. The fourth-order valence-electron chi connectivity index (χ4n) is 1.84. The molecule has 1 rings (SSSR count). The van der Waals surface area contributed by atoms with Crippen molar-refractivity contribution in [3.8, 4) is 0 Å². The number of esters is 2. The second-order valence-electron chi connectivity index (χ2n) is 4.66. The van der Waals surface area contributed by atoms with E-state index in [0.717, 1.165) is 20.3 Å². The third kappa shape index (κ3) is 5.34. The van der Waals surface area contributed by atoms with Crippen molar-refractivity contribution >= 4 is 29.4 Å². The maximum Gasteiger partial charge on any atom is 0.354 e. The number of rotatable bonds is 6. The Balaban J connectivity index is 3.35. The van der Waals surface area contributed by atoms with E-state index in [9.17, 15) is 19.2 Å². The summed E-state index contributed by atoms with van der Waals surface area (Å²) in [4.78, 5) is 47.0. The van der Waals surface area contributed by atoms with Crippen molar-refractivity contribution in [3.05, 3.63) is 41.1 Å². The molecule has 0 atom stereocenters. The minimum atomic E-state index is -0.822. The Morgan fingerprint density at radius 3 is 1.80 bits per heavy atom. The van der Waals surface area contributed by atoms with Gasteiger partial charge in [-0.2, -0.15) is 0 Å². The number of methoxy groups -OCH3 is 2. The molecular weight excluding hydrogens is 330 g/mol. The highest BCUT2D eigenvalue weighted by Gasteiger charge is 2.16. The van der Waals surface area contributed by atoms with Crippen molar-refractivity contribution in [1.29, 1.82) is 0 Å². The summed E-state index contributed by atoms with van der Waals surface area (Å²) in [5.74, 6) is -2.45. The Kier molecular flexibility index (Phi) is 7.14. The first-order chi connectivity index (χ1) is 11.9. The van der Waals surface area contributed by atoms with Crippen LogP contribution in [0.25, 0.3) is 0 Å². The first-order valence-electron chi connectivity index (χ1n) is 7.10. The van der Waals surface area contributed by atoms with Crippen molar-refractivity contribution in [3.63, 3.8) is 0 Å². The van der Waals surface area contributed by atoms with Gasteiger partial charge < -0.3 is 25.4 Å². The number of benzene rings is 1. The Morgan fingerprint density at radius 2 is 1.40 bits per heavy atom. The standard InChI is InChI=1S/C16H19N3O6/c1-17-14(21)9-5-10(15(22)18-2)7-11(6-9)19-12(16(23)25-4)8-13(20)24-3/h5-8,19H,1-4H3,(H,17,21)(H,18,22)/b12-8+. The maximum absolute atomic E-state index is 11.9. The Bertz CT molecular complexity index is 692. The second kappa shape index (κ2) is 9.06. The summed E-state index contributed by atoms with van der Waals surface area (Å²) >= 11 is 0. The van der Waals surface area contributed by atoms with E-state index < -0.39 is 23.8 Å². The summed E-state index contributed by atoms with van der Waals surface area (Å²) in [5.41, 5.74) is 0.397. The Morgan fingerprint density at radius 1 is 0.880 bits per heavy atom. The Hall–Kier alpha value is -3.36. The van der Waals surface area contributed by atoms with E-state index in [1.807, 2.05) is 0 Å². The molecule has 2 amide bonds. The summed E-state index contributed by atoms with van der Waals surface area (Å²) in [6.45, 7) is 0. The number of carbonyl (C=O) groups is 4. The van der Waals surface area contributed by atoms with Gasteiger partial charge in [0.25, 0.3) is 11.8 Å². The number of nitrogens with one attached hydrogen (secondary N) is 3. The average Bonchev–Trinajstić information content (AvgIpc) is 2.64. The van der Waals surface area contributed by atoms with Crippen LogP contribution in [0.5, 0.6) is 0 Å². The predicted molar refractivity (Wildman–Crippen MR) is 89.0 cm³/mol. The largest absolute Gasteiger partial charge is 0.466 e. The molecule has 0 aliphatic heterocycles. The SMILES string of the molecule is CNC(=O)c1cc(N/C(=C/C(=O)OC)C(=O)OC)cc(C(=O)NC)c1. The lowest BCUT2D eigenvalue weighted by Crippen LogP contribution is -2.22. The van der Waals surface area contributed by atoms with Crippen LogP contribution in [0.4, 0.5) is 5.69 Å². The fraction of sp³-hybridized carbons (Fsp3) is 0.250. The number of anilines is 1. The van der Waals surface area contributed by atoms with E-state index >= 15 is 0 Å². The lowest BCUT2D eigenvalue weighted by molar-refractivity contribution is -0.138. The second-order valence-corrected chi connectivity index (χ2v) is 4.66. The zero-order chi connectivity index (χ0) is 19.0. The molecule has 9 heteroatoms. The fourth-order valence-corrected chi connectivity index (χ4v) is 1.84. The van der Waals surface area contributed by atoms with Crippen LogP contribution in [-0.4, -0.2) is 52.1 Å². The van der Waals surface area contributed by atoms with Crippen LogP contribution in [0.15, 0.2) is 30.0 Å². The molecule has 0 saturated carbocycles. The van der Waals surface area contributed by atoms with E-state index in [-0.39, 0.29) is 22.5 Å². The molecule has 1 aromatic rings. The van der Waals surface area contributed by atoms with Gasteiger partial charge in [0.05, 0.1) is 20.3 Å². The molecule has 0 aliphatic rings. The summed E-state index contributed by atoms with van der Waals surface area (Å²) in [6, 6.07) is 4.23. The molecule has 0 aliphatic carbocycles. The number of carbonyl (C=O) groups excluding carboxylic acids is 4. The third-order valence-electron chi connectivity index (χ3n) is 3.06. The van der Waals surface area contributed by atoms with Gasteiger partial charge in [-0.25, -0.2) is 9.59 Å². The van der Waals surface area contributed by atoms with Gasteiger partial charge in [-0.15, -0.1) is 0 Å². The van der Waals surface area contributed by atoms with Gasteiger partial charge in [0.15, 0.2) is 0 Å². The van der Waals surface area contributed by atoms with Crippen molar-refractivity contribution in [2.75, 3.05) is 33.6 Å². The van der Waals surface area contributed by atoms with Gasteiger partial charge >= 0.3 is 11.9 Å². The molecule has 0 saturated heterocycles. The molecule has 0 fully saturated rings.